The largest absolute Gasteiger partial charge is 0.395 e. The van der Waals surface area contributed by atoms with Gasteiger partial charge in [0.25, 0.3) is 0 Å². The average Bonchev–Trinajstić information content (AvgIpc) is 2.48. The molecule has 2 heterocycles. The Balaban J connectivity index is 2.12. The summed E-state index contributed by atoms with van der Waals surface area (Å²) in [7, 11) is -3.62. The van der Waals surface area contributed by atoms with Gasteiger partial charge in [-0.1, -0.05) is 11.8 Å². The zero-order valence-electron chi connectivity index (χ0n) is 11.6. The van der Waals surface area contributed by atoms with Crippen molar-refractivity contribution < 1.29 is 18.3 Å². The molecule has 21 heavy (non-hydrogen) atoms. The van der Waals surface area contributed by atoms with Gasteiger partial charge in [0.15, 0.2) is 0 Å². The first-order valence-corrected chi connectivity index (χ1v) is 8.25. The molecule has 0 spiro atoms. The predicted octanol–water partition coefficient (Wildman–Crippen LogP) is 0.273. The highest BCUT2D eigenvalue weighted by atomic mass is 32.2. The van der Waals surface area contributed by atoms with Crippen LogP contribution in [0, 0.1) is 11.8 Å². The Kier molecular flexibility index (Phi) is 5.70. The summed E-state index contributed by atoms with van der Waals surface area (Å²) in [5.74, 6) is 5.51. The zero-order chi connectivity index (χ0) is 15.1. The summed E-state index contributed by atoms with van der Waals surface area (Å²) in [5, 5.41) is 8.67. The zero-order valence-corrected chi connectivity index (χ0v) is 12.4. The lowest BCUT2D eigenvalue weighted by molar-refractivity contribution is 0.0774. The summed E-state index contributed by atoms with van der Waals surface area (Å²) >= 11 is 0. The summed E-state index contributed by atoms with van der Waals surface area (Å²) in [6.07, 6.45) is 4.74. The number of aliphatic hydroxyl groups excluding tert-OH is 1. The fourth-order valence-corrected chi connectivity index (χ4v) is 3.22. The number of aliphatic hydroxyl groups is 1. The minimum absolute atomic E-state index is 0.0261. The molecule has 1 aromatic rings. The molecule has 0 bridgehead atoms. The summed E-state index contributed by atoms with van der Waals surface area (Å²) < 4.78 is 32.5. The highest BCUT2D eigenvalue weighted by molar-refractivity contribution is 7.89. The maximum atomic E-state index is 12.3. The van der Waals surface area contributed by atoms with Crippen molar-refractivity contribution in [2.75, 3.05) is 19.8 Å². The van der Waals surface area contributed by atoms with E-state index in [0.717, 1.165) is 12.8 Å². The molecule has 1 aliphatic rings. The smallest absolute Gasteiger partial charge is 0.242 e. The van der Waals surface area contributed by atoms with Gasteiger partial charge < -0.3 is 9.84 Å². The van der Waals surface area contributed by atoms with Crippen LogP contribution in [0.4, 0.5) is 0 Å². The van der Waals surface area contributed by atoms with Gasteiger partial charge in [-0.3, -0.25) is 4.98 Å². The second-order valence-electron chi connectivity index (χ2n) is 4.72. The molecule has 0 aromatic carbocycles. The molecule has 1 atom stereocenters. The Bertz CT molecular complexity index is 628. The first-order valence-electron chi connectivity index (χ1n) is 6.76. The number of hydrogen-bond donors (Lipinski definition) is 2. The van der Waals surface area contributed by atoms with Gasteiger partial charge in [0.2, 0.25) is 10.0 Å². The molecule has 1 unspecified atom stereocenters. The lowest BCUT2D eigenvalue weighted by Crippen LogP contribution is -2.40. The topological polar surface area (TPSA) is 88.5 Å². The van der Waals surface area contributed by atoms with Crippen LogP contribution in [0.25, 0.3) is 0 Å². The molecule has 6 nitrogen and oxygen atoms in total. The molecule has 1 aromatic heterocycles. The summed E-state index contributed by atoms with van der Waals surface area (Å²) in [4.78, 5) is 3.99. The standard InChI is InChI=1S/C14H18N2O4S/c17-6-2-1-4-12-8-14(10-15-9-12)21(18,19)16-13-5-3-7-20-11-13/h8-10,13,16-17H,2-3,5-7,11H2. The molecular formula is C14H18N2O4S. The van der Waals surface area contributed by atoms with E-state index in [2.05, 4.69) is 21.5 Å². The molecule has 0 saturated carbocycles. The molecule has 2 rings (SSSR count). The van der Waals surface area contributed by atoms with Crippen molar-refractivity contribution in [3.8, 4) is 11.8 Å². The van der Waals surface area contributed by atoms with Gasteiger partial charge in [0.05, 0.1) is 13.2 Å². The van der Waals surface area contributed by atoms with Crippen LogP contribution in [0.1, 0.15) is 24.8 Å². The third kappa shape index (κ3) is 4.79. The Morgan fingerprint density at radius 3 is 3.05 bits per heavy atom. The van der Waals surface area contributed by atoms with Crippen LogP contribution in [-0.2, 0) is 14.8 Å². The second-order valence-corrected chi connectivity index (χ2v) is 6.43. The third-order valence-corrected chi connectivity index (χ3v) is 4.46. The highest BCUT2D eigenvalue weighted by Crippen LogP contribution is 2.13. The molecule has 0 radical (unpaired) electrons. The summed E-state index contributed by atoms with van der Waals surface area (Å²) in [6, 6.07) is 1.27. The van der Waals surface area contributed by atoms with Crippen LogP contribution >= 0.6 is 0 Å². The molecule has 1 fully saturated rings. The van der Waals surface area contributed by atoms with Crippen LogP contribution < -0.4 is 4.72 Å². The molecule has 0 amide bonds. The minimum Gasteiger partial charge on any atom is -0.395 e. The highest BCUT2D eigenvalue weighted by Gasteiger charge is 2.22. The van der Waals surface area contributed by atoms with E-state index < -0.39 is 10.0 Å². The Hall–Kier alpha value is -1.46. The number of rotatable bonds is 4. The number of pyridine rings is 1. The number of nitrogens with zero attached hydrogens (tertiary/aromatic N) is 1. The summed E-state index contributed by atoms with van der Waals surface area (Å²) in [6.45, 7) is 1.04. The molecule has 114 valence electrons. The van der Waals surface area contributed by atoms with Crippen molar-refractivity contribution in [2.45, 2.75) is 30.2 Å². The Morgan fingerprint density at radius 2 is 2.33 bits per heavy atom. The van der Waals surface area contributed by atoms with E-state index in [1.165, 1.54) is 18.5 Å². The number of ether oxygens (including phenoxy) is 1. The lowest BCUT2D eigenvalue weighted by atomic mass is 10.1. The van der Waals surface area contributed by atoms with Crippen LogP contribution in [0.2, 0.25) is 0 Å². The number of nitrogens with one attached hydrogen (secondary N) is 1. The number of sulfonamides is 1. The van der Waals surface area contributed by atoms with E-state index >= 15 is 0 Å². The molecule has 1 aliphatic heterocycles. The fourth-order valence-electron chi connectivity index (χ4n) is 1.98. The molecule has 2 N–H and O–H groups in total. The first-order chi connectivity index (χ1) is 10.1. The van der Waals surface area contributed by atoms with Crippen LogP contribution in [-0.4, -0.2) is 44.4 Å². The lowest BCUT2D eigenvalue weighted by Gasteiger charge is -2.22. The monoisotopic (exact) mass is 310 g/mol. The van der Waals surface area contributed by atoms with Crippen LogP contribution in [0.15, 0.2) is 23.4 Å². The van der Waals surface area contributed by atoms with Crippen molar-refractivity contribution >= 4 is 10.0 Å². The quantitative estimate of drug-likeness (QED) is 0.780. The van der Waals surface area contributed by atoms with Gasteiger partial charge >= 0.3 is 0 Å². The number of aromatic nitrogens is 1. The maximum Gasteiger partial charge on any atom is 0.242 e. The third-order valence-electron chi connectivity index (χ3n) is 2.98. The normalized spacial score (nSPS) is 18.8. The van der Waals surface area contributed by atoms with E-state index in [4.69, 9.17) is 9.84 Å². The minimum atomic E-state index is -3.62. The van der Waals surface area contributed by atoms with E-state index in [0.29, 0.717) is 25.2 Å². The van der Waals surface area contributed by atoms with Crippen molar-refractivity contribution in [2.24, 2.45) is 0 Å². The van der Waals surface area contributed by atoms with Crippen LogP contribution in [0.5, 0.6) is 0 Å². The van der Waals surface area contributed by atoms with Crippen molar-refractivity contribution in [3.05, 3.63) is 24.0 Å². The van der Waals surface area contributed by atoms with Crippen LogP contribution in [0.3, 0.4) is 0 Å². The van der Waals surface area contributed by atoms with Gasteiger partial charge in [0.1, 0.15) is 4.90 Å². The fraction of sp³-hybridized carbons (Fsp3) is 0.500. The average molecular weight is 310 g/mol. The van der Waals surface area contributed by atoms with Gasteiger partial charge in [-0.2, -0.15) is 0 Å². The van der Waals surface area contributed by atoms with Crippen molar-refractivity contribution in [1.29, 1.82) is 0 Å². The van der Waals surface area contributed by atoms with E-state index in [-0.39, 0.29) is 17.5 Å². The molecular weight excluding hydrogens is 292 g/mol. The first kappa shape index (κ1) is 15.9. The van der Waals surface area contributed by atoms with Gasteiger partial charge in [-0.25, -0.2) is 13.1 Å². The van der Waals surface area contributed by atoms with Crippen molar-refractivity contribution in [3.63, 3.8) is 0 Å². The molecule has 7 heteroatoms. The second kappa shape index (κ2) is 7.52. The summed E-state index contributed by atoms with van der Waals surface area (Å²) in [5.41, 5.74) is 0.506. The van der Waals surface area contributed by atoms with Gasteiger partial charge in [-0.15, -0.1) is 0 Å². The SMILES string of the molecule is O=S(=O)(NC1CCCOC1)c1cncc(C#CCCO)c1. The van der Waals surface area contributed by atoms with Gasteiger partial charge in [-0.05, 0) is 18.9 Å². The maximum absolute atomic E-state index is 12.3. The predicted molar refractivity (Wildman–Crippen MR) is 77.0 cm³/mol. The van der Waals surface area contributed by atoms with E-state index in [1.807, 2.05) is 0 Å². The molecule has 0 aliphatic carbocycles. The van der Waals surface area contributed by atoms with E-state index in [9.17, 15) is 8.42 Å². The van der Waals surface area contributed by atoms with Crippen molar-refractivity contribution in [1.82, 2.24) is 9.71 Å². The van der Waals surface area contributed by atoms with E-state index in [1.54, 1.807) is 0 Å². The number of hydrogen-bond acceptors (Lipinski definition) is 5. The van der Waals surface area contributed by atoms with Gasteiger partial charge in [0, 0.05) is 37.0 Å². The Morgan fingerprint density at radius 1 is 1.48 bits per heavy atom. The Labute approximate surface area is 124 Å². The molecule has 1 saturated heterocycles.